The first-order chi connectivity index (χ1) is 9.54. The van der Waals surface area contributed by atoms with Gasteiger partial charge in [0.15, 0.2) is 0 Å². The van der Waals surface area contributed by atoms with Gasteiger partial charge in [0.25, 0.3) is 5.91 Å². The summed E-state index contributed by atoms with van der Waals surface area (Å²) in [6.45, 7) is 2.12. The van der Waals surface area contributed by atoms with Crippen molar-refractivity contribution in [3.05, 3.63) is 21.4 Å². The van der Waals surface area contributed by atoms with Crippen molar-refractivity contribution in [1.29, 1.82) is 0 Å². The Balaban J connectivity index is 2.55. The Morgan fingerprint density at radius 1 is 1.55 bits per heavy atom. The molecular weight excluding hydrogens is 280 g/mol. The number of aryl methyl sites for hydroxylation is 1. The van der Waals surface area contributed by atoms with Gasteiger partial charge in [-0.2, -0.15) is 0 Å². The number of thiophene rings is 1. The van der Waals surface area contributed by atoms with Gasteiger partial charge >= 0.3 is 6.09 Å². The third-order valence-electron chi connectivity index (χ3n) is 2.21. The summed E-state index contributed by atoms with van der Waals surface area (Å²) in [4.78, 5) is 23.5. The second-order valence-electron chi connectivity index (χ2n) is 3.82. The smallest absolute Gasteiger partial charge is 0.404 e. The molecular formula is C13H16N2O4S. The second-order valence-corrected chi connectivity index (χ2v) is 4.87. The summed E-state index contributed by atoms with van der Waals surface area (Å²) in [7, 11) is 0. The van der Waals surface area contributed by atoms with Crippen LogP contribution >= 0.6 is 11.3 Å². The van der Waals surface area contributed by atoms with E-state index in [1.54, 1.807) is 6.07 Å². The molecule has 1 aromatic heterocycles. The fourth-order valence-corrected chi connectivity index (χ4v) is 2.28. The SMILES string of the molecule is Cc1cc(C(=O)NCCOC(N)=O)sc1C#CCCO. The molecule has 20 heavy (non-hydrogen) atoms. The van der Waals surface area contributed by atoms with Crippen molar-refractivity contribution in [3.63, 3.8) is 0 Å². The van der Waals surface area contributed by atoms with E-state index >= 15 is 0 Å². The summed E-state index contributed by atoms with van der Waals surface area (Å²) in [5.74, 6) is 5.48. The molecule has 0 saturated carbocycles. The number of hydrogen-bond acceptors (Lipinski definition) is 5. The normalized spacial score (nSPS) is 9.50. The summed E-state index contributed by atoms with van der Waals surface area (Å²) in [6, 6.07) is 1.75. The molecule has 0 atom stereocenters. The number of nitrogens with one attached hydrogen (secondary N) is 1. The fraction of sp³-hybridized carbons (Fsp3) is 0.385. The molecule has 0 aliphatic rings. The first kappa shape index (κ1) is 16.0. The number of aliphatic hydroxyl groups excluding tert-OH is 1. The Morgan fingerprint density at radius 3 is 2.95 bits per heavy atom. The monoisotopic (exact) mass is 296 g/mol. The zero-order valence-electron chi connectivity index (χ0n) is 11.1. The van der Waals surface area contributed by atoms with Gasteiger partial charge in [-0.3, -0.25) is 4.79 Å². The molecule has 1 rings (SSSR count). The summed E-state index contributed by atoms with van der Waals surface area (Å²) >= 11 is 1.28. The molecule has 0 spiro atoms. The van der Waals surface area contributed by atoms with Crippen LogP contribution in [0.5, 0.6) is 0 Å². The Bertz CT molecular complexity index is 542. The lowest BCUT2D eigenvalue weighted by Crippen LogP contribution is -2.28. The maximum absolute atomic E-state index is 11.8. The van der Waals surface area contributed by atoms with Crippen molar-refractivity contribution in [2.45, 2.75) is 13.3 Å². The predicted molar refractivity (Wildman–Crippen MR) is 75.5 cm³/mol. The second kappa shape index (κ2) is 8.19. The third kappa shape index (κ3) is 5.30. The van der Waals surface area contributed by atoms with E-state index in [1.807, 2.05) is 6.92 Å². The van der Waals surface area contributed by atoms with Crippen molar-refractivity contribution >= 4 is 23.3 Å². The van der Waals surface area contributed by atoms with Gasteiger partial charge < -0.3 is 20.9 Å². The highest BCUT2D eigenvalue weighted by atomic mass is 32.1. The van der Waals surface area contributed by atoms with E-state index in [2.05, 4.69) is 21.9 Å². The Kier molecular flexibility index (Phi) is 6.56. The van der Waals surface area contributed by atoms with Crippen LogP contribution in [0.4, 0.5) is 4.79 Å². The summed E-state index contributed by atoms with van der Waals surface area (Å²) in [5.41, 5.74) is 5.71. The highest BCUT2D eigenvalue weighted by Crippen LogP contribution is 2.20. The van der Waals surface area contributed by atoms with Crippen LogP contribution in [0.2, 0.25) is 0 Å². The van der Waals surface area contributed by atoms with E-state index in [0.29, 0.717) is 11.3 Å². The largest absolute Gasteiger partial charge is 0.448 e. The molecule has 0 aliphatic heterocycles. The van der Waals surface area contributed by atoms with Gasteiger partial charge in [-0.25, -0.2) is 4.79 Å². The van der Waals surface area contributed by atoms with E-state index < -0.39 is 6.09 Å². The van der Waals surface area contributed by atoms with Crippen molar-refractivity contribution < 1.29 is 19.4 Å². The van der Waals surface area contributed by atoms with Crippen LogP contribution in [-0.2, 0) is 4.74 Å². The number of amides is 2. The van der Waals surface area contributed by atoms with Crippen LogP contribution in [0.25, 0.3) is 0 Å². The van der Waals surface area contributed by atoms with Gasteiger partial charge in [0, 0.05) is 6.42 Å². The Labute approximate surface area is 120 Å². The van der Waals surface area contributed by atoms with Crippen LogP contribution in [0.3, 0.4) is 0 Å². The van der Waals surface area contributed by atoms with Crippen LogP contribution in [0.15, 0.2) is 6.07 Å². The number of carbonyl (C=O) groups is 2. The zero-order valence-corrected chi connectivity index (χ0v) is 11.9. The number of carbonyl (C=O) groups excluding carboxylic acids is 2. The van der Waals surface area contributed by atoms with Gasteiger partial charge in [0.1, 0.15) is 6.61 Å². The molecule has 0 aliphatic carbocycles. The van der Waals surface area contributed by atoms with Crippen molar-refractivity contribution in [2.75, 3.05) is 19.8 Å². The van der Waals surface area contributed by atoms with Crippen LogP contribution < -0.4 is 11.1 Å². The molecule has 0 bridgehead atoms. The summed E-state index contributed by atoms with van der Waals surface area (Å²) < 4.78 is 4.50. The van der Waals surface area contributed by atoms with Gasteiger partial charge in [0.2, 0.25) is 0 Å². The molecule has 0 radical (unpaired) electrons. The number of hydrogen-bond donors (Lipinski definition) is 3. The molecule has 0 fully saturated rings. The number of rotatable bonds is 5. The topological polar surface area (TPSA) is 102 Å². The van der Waals surface area contributed by atoms with Crippen LogP contribution in [0.1, 0.15) is 26.5 Å². The third-order valence-corrected chi connectivity index (χ3v) is 3.36. The zero-order chi connectivity index (χ0) is 15.0. The Morgan fingerprint density at radius 2 is 2.30 bits per heavy atom. The van der Waals surface area contributed by atoms with E-state index in [4.69, 9.17) is 10.8 Å². The quantitative estimate of drug-likeness (QED) is 0.547. The van der Waals surface area contributed by atoms with Gasteiger partial charge in [-0.1, -0.05) is 11.8 Å². The van der Waals surface area contributed by atoms with Crippen LogP contribution in [-0.4, -0.2) is 36.9 Å². The van der Waals surface area contributed by atoms with Gasteiger partial charge in [0.05, 0.1) is 22.9 Å². The number of ether oxygens (including phenoxy) is 1. The molecule has 1 heterocycles. The molecule has 0 aromatic carbocycles. The lowest BCUT2D eigenvalue weighted by Gasteiger charge is -2.03. The maximum atomic E-state index is 11.8. The number of aliphatic hydroxyl groups is 1. The molecule has 4 N–H and O–H groups in total. The molecule has 7 heteroatoms. The van der Waals surface area contributed by atoms with E-state index in [0.717, 1.165) is 10.4 Å². The Hall–Kier alpha value is -2.04. The van der Waals surface area contributed by atoms with Crippen LogP contribution in [0, 0.1) is 18.8 Å². The molecule has 1 aromatic rings. The summed E-state index contributed by atoms with van der Waals surface area (Å²) in [5, 5.41) is 11.3. The first-order valence-corrected chi connectivity index (χ1v) is 6.77. The van der Waals surface area contributed by atoms with Crippen molar-refractivity contribution in [3.8, 4) is 11.8 Å². The van der Waals surface area contributed by atoms with E-state index in [-0.39, 0.29) is 25.7 Å². The van der Waals surface area contributed by atoms with Gasteiger partial charge in [-0.15, -0.1) is 11.3 Å². The standard InChI is InChI=1S/C13H16N2O4S/c1-9-8-11(20-10(9)4-2-3-6-16)12(17)15-5-7-19-13(14)18/h8,16H,3,5-7H2,1H3,(H2,14,18)(H,15,17). The average molecular weight is 296 g/mol. The number of primary amides is 1. The molecule has 0 saturated heterocycles. The maximum Gasteiger partial charge on any atom is 0.404 e. The van der Waals surface area contributed by atoms with Gasteiger partial charge in [-0.05, 0) is 18.6 Å². The average Bonchev–Trinajstić information content (AvgIpc) is 2.76. The van der Waals surface area contributed by atoms with Crippen molar-refractivity contribution in [2.24, 2.45) is 5.73 Å². The predicted octanol–water partition coefficient (Wildman–Crippen LogP) is 0.616. The fourth-order valence-electron chi connectivity index (χ4n) is 1.32. The molecule has 0 unspecified atom stereocenters. The minimum Gasteiger partial charge on any atom is -0.448 e. The highest BCUT2D eigenvalue weighted by molar-refractivity contribution is 7.14. The first-order valence-electron chi connectivity index (χ1n) is 5.95. The molecule has 2 amide bonds. The minimum atomic E-state index is -0.868. The molecule has 6 nitrogen and oxygen atoms in total. The van der Waals surface area contributed by atoms with E-state index in [1.165, 1.54) is 11.3 Å². The number of nitrogens with two attached hydrogens (primary N) is 1. The lowest BCUT2D eigenvalue weighted by atomic mass is 10.2. The van der Waals surface area contributed by atoms with E-state index in [9.17, 15) is 9.59 Å². The summed E-state index contributed by atoms with van der Waals surface area (Å²) in [6.07, 6.45) is -0.462. The molecule has 108 valence electrons. The van der Waals surface area contributed by atoms with Crippen molar-refractivity contribution in [1.82, 2.24) is 5.32 Å². The highest BCUT2D eigenvalue weighted by Gasteiger charge is 2.11. The minimum absolute atomic E-state index is 0.0185. The lowest BCUT2D eigenvalue weighted by molar-refractivity contribution is 0.0941.